The smallest absolute Gasteiger partial charge is 0.330 e. The molecule has 1 fully saturated rings. The highest BCUT2D eigenvalue weighted by molar-refractivity contribution is 5.86. The molecular formula is C14H17FN2O7. The van der Waals surface area contributed by atoms with Crippen LogP contribution in [0.2, 0.25) is 0 Å². The summed E-state index contributed by atoms with van der Waals surface area (Å²) in [4.78, 5) is 36.9. The van der Waals surface area contributed by atoms with E-state index >= 15 is 0 Å². The standard InChI is InChI=1S/C14H17FN2O7/c1-2-23-9(19)4-3-7-5-17(14(22)16-12(7)21)13-10(15)11(20)8(6-18)24-13/h3-5,8,10-11,13,18,20H,2,6H2,1H3,(H,16,21,22)/b4-3+/t8-,10-,11-,13-/m1/s1. The predicted octanol–water partition coefficient (Wildman–Crippen LogP) is -1.30. The molecule has 0 amide bonds. The minimum atomic E-state index is -1.98. The number of aliphatic hydroxyl groups excluding tert-OH is 2. The molecule has 10 heteroatoms. The number of rotatable bonds is 5. The number of halogens is 1. The van der Waals surface area contributed by atoms with Gasteiger partial charge in [-0.3, -0.25) is 14.3 Å². The first kappa shape index (κ1) is 18.0. The zero-order valence-electron chi connectivity index (χ0n) is 12.7. The largest absolute Gasteiger partial charge is 0.463 e. The zero-order valence-corrected chi connectivity index (χ0v) is 12.7. The Morgan fingerprint density at radius 3 is 2.83 bits per heavy atom. The molecular weight excluding hydrogens is 327 g/mol. The van der Waals surface area contributed by atoms with Crippen LogP contribution in [0.5, 0.6) is 0 Å². The number of hydrogen-bond donors (Lipinski definition) is 3. The summed E-state index contributed by atoms with van der Waals surface area (Å²) in [6.07, 6.45) is -3.21. The molecule has 1 aliphatic rings. The van der Waals surface area contributed by atoms with Gasteiger partial charge in [-0.05, 0) is 13.0 Å². The highest BCUT2D eigenvalue weighted by Crippen LogP contribution is 2.30. The Morgan fingerprint density at radius 1 is 1.54 bits per heavy atom. The van der Waals surface area contributed by atoms with Crippen LogP contribution in [0, 0.1) is 0 Å². The van der Waals surface area contributed by atoms with Crippen LogP contribution in [0.3, 0.4) is 0 Å². The van der Waals surface area contributed by atoms with Gasteiger partial charge in [0.15, 0.2) is 12.4 Å². The summed E-state index contributed by atoms with van der Waals surface area (Å²) in [6, 6.07) is 0. The van der Waals surface area contributed by atoms with E-state index in [9.17, 15) is 23.9 Å². The summed E-state index contributed by atoms with van der Waals surface area (Å²) in [5.41, 5.74) is -1.85. The molecule has 9 nitrogen and oxygen atoms in total. The third-order valence-electron chi connectivity index (χ3n) is 3.43. The molecule has 0 saturated carbocycles. The summed E-state index contributed by atoms with van der Waals surface area (Å²) in [6.45, 7) is 1.13. The van der Waals surface area contributed by atoms with Gasteiger partial charge in [0.1, 0.15) is 12.2 Å². The Hall–Kier alpha value is -2.30. The molecule has 0 aromatic carbocycles. The second-order valence-corrected chi connectivity index (χ2v) is 5.02. The molecule has 2 heterocycles. The van der Waals surface area contributed by atoms with Gasteiger partial charge in [-0.15, -0.1) is 0 Å². The molecule has 2 rings (SSSR count). The van der Waals surface area contributed by atoms with Crippen LogP contribution in [0.4, 0.5) is 4.39 Å². The number of nitrogens with one attached hydrogen (secondary N) is 1. The van der Waals surface area contributed by atoms with E-state index in [1.165, 1.54) is 0 Å². The van der Waals surface area contributed by atoms with Crippen LogP contribution in [-0.2, 0) is 14.3 Å². The number of aromatic nitrogens is 2. The van der Waals surface area contributed by atoms with E-state index in [4.69, 9.17) is 9.84 Å². The molecule has 0 spiro atoms. The van der Waals surface area contributed by atoms with Gasteiger partial charge < -0.3 is 19.7 Å². The number of aliphatic hydroxyl groups is 2. The summed E-state index contributed by atoms with van der Waals surface area (Å²) in [5, 5.41) is 18.6. The number of esters is 1. The molecule has 0 unspecified atom stereocenters. The van der Waals surface area contributed by atoms with Crippen LogP contribution in [0.1, 0.15) is 18.7 Å². The predicted molar refractivity (Wildman–Crippen MR) is 78.9 cm³/mol. The number of ether oxygens (including phenoxy) is 2. The van der Waals surface area contributed by atoms with Crippen LogP contribution >= 0.6 is 0 Å². The Kier molecular flexibility index (Phi) is 5.65. The first-order chi connectivity index (χ1) is 11.4. The Balaban J connectivity index is 2.35. The van der Waals surface area contributed by atoms with E-state index in [0.717, 1.165) is 22.9 Å². The maximum absolute atomic E-state index is 14.1. The van der Waals surface area contributed by atoms with Crippen molar-refractivity contribution in [3.8, 4) is 0 Å². The van der Waals surface area contributed by atoms with E-state index in [0.29, 0.717) is 0 Å². The maximum Gasteiger partial charge on any atom is 0.330 e. The summed E-state index contributed by atoms with van der Waals surface area (Å²) >= 11 is 0. The molecule has 132 valence electrons. The average Bonchev–Trinajstić information content (AvgIpc) is 2.82. The summed E-state index contributed by atoms with van der Waals surface area (Å²) in [5.74, 6) is -0.689. The third-order valence-corrected chi connectivity index (χ3v) is 3.43. The number of carbonyl (C=O) groups is 1. The van der Waals surface area contributed by atoms with Crippen LogP contribution in [0.25, 0.3) is 6.08 Å². The van der Waals surface area contributed by atoms with Crippen molar-refractivity contribution in [2.45, 2.75) is 31.5 Å². The monoisotopic (exact) mass is 344 g/mol. The van der Waals surface area contributed by atoms with Gasteiger partial charge in [0, 0.05) is 12.3 Å². The number of carbonyl (C=O) groups excluding carboxylic acids is 1. The highest BCUT2D eigenvalue weighted by Gasteiger charge is 2.45. The van der Waals surface area contributed by atoms with Gasteiger partial charge in [-0.2, -0.15) is 0 Å². The van der Waals surface area contributed by atoms with Gasteiger partial charge in [0.2, 0.25) is 0 Å². The van der Waals surface area contributed by atoms with Crippen molar-refractivity contribution in [3.05, 3.63) is 38.7 Å². The molecule has 3 N–H and O–H groups in total. The molecule has 1 aromatic rings. The zero-order chi connectivity index (χ0) is 17.9. The first-order valence-electron chi connectivity index (χ1n) is 7.17. The summed E-state index contributed by atoms with van der Waals surface area (Å²) < 4.78 is 24.6. The highest BCUT2D eigenvalue weighted by atomic mass is 19.1. The molecule has 1 saturated heterocycles. The fraction of sp³-hybridized carbons (Fsp3) is 0.500. The normalized spacial score (nSPS) is 26.8. The van der Waals surface area contributed by atoms with Gasteiger partial charge in [0.05, 0.1) is 18.8 Å². The lowest BCUT2D eigenvalue weighted by Crippen LogP contribution is -2.36. The van der Waals surface area contributed by atoms with Crippen LogP contribution < -0.4 is 11.2 Å². The van der Waals surface area contributed by atoms with Crippen molar-refractivity contribution in [3.63, 3.8) is 0 Å². The molecule has 0 radical (unpaired) electrons. The fourth-order valence-electron chi connectivity index (χ4n) is 2.24. The van der Waals surface area contributed by atoms with E-state index in [1.54, 1.807) is 6.92 Å². The molecule has 1 aliphatic heterocycles. The van der Waals surface area contributed by atoms with Crippen molar-refractivity contribution in [1.82, 2.24) is 9.55 Å². The lowest BCUT2D eigenvalue weighted by Gasteiger charge is -2.16. The first-order valence-corrected chi connectivity index (χ1v) is 7.17. The number of aromatic amines is 1. The van der Waals surface area contributed by atoms with Gasteiger partial charge in [-0.1, -0.05) is 0 Å². The molecule has 4 atom stereocenters. The second-order valence-electron chi connectivity index (χ2n) is 5.02. The van der Waals surface area contributed by atoms with Gasteiger partial charge in [-0.25, -0.2) is 14.0 Å². The molecule has 1 aromatic heterocycles. The fourth-order valence-corrected chi connectivity index (χ4v) is 2.24. The van der Waals surface area contributed by atoms with E-state index in [-0.39, 0.29) is 12.2 Å². The number of hydrogen-bond acceptors (Lipinski definition) is 7. The van der Waals surface area contributed by atoms with E-state index in [2.05, 4.69) is 4.74 Å². The topological polar surface area (TPSA) is 131 Å². The summed E-state index contributed by atoms with van der Waals surface area (Å²) in [7, 11) is 0. The lowest BCUT2D eigenvalue weighted by atomic mass is 10.1. The number of H-pyrrole nitrogens is 1. The molecule has 0 aliphatic carbocycles. The number of nitrogens with zero attached hydrogens (tertiary/aromatic N) is 1. The van der Waals surface area contributed by atoms with Crippen LogP contribution in [0.15, 0.2) is 21.9 Å². The minimum Gasteiger partial charge on any atom is -0.463 e. The number of alkyl halides is 1. The van der Waals surface area contributed by atoms with Crippen molar-refractivity contribution < 1.29 is 28.9 Å². The van der Waals surface area contributed by atoms with Crippen LogP contribution in [-0.4, -0.2) is 57.3 Å². The molecule has 0 bridgehead atoms. The minimum absolute atomic E-state index is 0.111. The maximum atomic E-state index is 14.1. The van der Waals surface area contributed by atoms with Crippen molar-refractivity contribution in [2.24, 2.45) is 0 Å². The lowest BCUT2D eigenvalue weighted by molar-refractivity contribution is -0.137. The Labute approximate surface area is 135 Å². The van der Waals surface area contributed by atoms with E-state index < -0.39 is 48.4 Å². The molecule has 24 heavy (non-hydrogen) atoms. The van der Waals surface area contributed by atoms with Crippen molar-refractivity contribution >= 4 is 12.0 Å². The quantitative estimate of drug-likeness (QED) is 0.447. The third kappa shape index (κ3) is 3.61. The Morgan fingerprint density at radius 2 is 2.25 bits per heavy atom. The van der Waals surface area contributed by atoms with Crippen molar-refractivity contribution in [2.75, 3.05) is 13.2 Å². The van der Waals surface area contributed by atoms with E-state index in [1.807, 2.05) is 4.98 Å². The second kappa shape index (κ2) is 7.51. The van der Waals surface area contributed by atoms with Gasteiger partial charge >= 0.3 is 11.7 Å². The Bertz CT molecular complexity index is 741. The SMILES string of the molecule is CCOC(=O)/C=C/c1cn([C@@H]2O[C@H](CO)[C@@H](O)[C@H]2F)c(=O)[nH]c1=O. The average molecular weight is 344 g/mol. The van der Waals surface area contributed by atoms with Gasteiger partial charge in [0.25, 0.3) is 5.56 Å². The van der Waals surface area contributed by atoms with Crippen molar-refractivity contribution in [1.29, 1.82) is 0 Å².